The Morgan fingerprint density at radius 2 is 1.79 bits per heavy atom. The van der Waals surface area contributed by atoms with Crippen LogP contribution in [-0.4, -0.2) is 34.2 Å². The second-order valence-corrected chi connectivity index (χ2v) is 9.13. The first-order valence-corrected chi connectivity index (χ1v) is 11.5. The Labute approximate surface area is 173 Å². The molecule has 0 spiro atoms. The summed E-state index contributed by atoms with van der Waals surface area (Å²) in [6, 6.07) is 13.0. The summed E-state index contributed by atoms with van der Waals surface area (Å²) in [5, 5.41) is 2.96. The van der Waals surface area contributed by atoms with E-state index in [1.807, 2.05) is 57.2 Å². The van der Waals surface area contributed by atoms with Crippen LogP contribution in [0.15, 0.2) is 42.5 Å². The molecular formula is C22H30N2O4S. The zero-order valence-electron chi connectivity index (χ0n) is 17.7. The Morgan fingerprint density at radius 1 is 1.14 bits per heavy atom. The van der Waals surface area contributed by atoms with E-state index in [1.54, 1.807) is 13.2 Å². The fraction of sp³-hybridized carbons (Fsp3) is 0.409. The third-order valence-electron chi connectivity index (χ3n) is 5.00. The maximum Gasteiger partial charge on any atom is 0.232 e. The number of amides is 1. The largest absolute Gasteiger partial charge is 0.497 e. The van der Waals surface area contributed by atoms with Crippen molar-refractivity contribution in [3.63, 3.8) is 0 Å². The number of sulfonamides is 1. The number of ether oxygens (including phenoxy) is 1. The van der Waals surface area contributed by atoms with Gasteiger partial charge in [0.2, 0.25) is 15.9 Å². The lowest BCUT2D eigenvalue weighted by Gasteiger charge is -2.25. The van der Waals surface area contributed by atoms with Crippen LogP contribution >= 0.6 is 0 Å². The minimum atomic E-state index is -3.44. The lowest BCUT2D eigenvalue weighted by atomic mass is 10.1. The van der Waals surface area contributed by atoms with Gasteiger partial charge in [-0.15, -0.1) is 0 Å². The Kier molecular flexibility index (Phi) is 7.67. The third kappa shape index (κ3) is 6.22. The summed E-state index contributed by atoms with van der Waals surface area (Å²) in [5.74, 6) is 0.655. The minimum absolute atomic E-state index is 0.109. The van der Waals surface area contributed by atoms with E-state index in [-0.39, 0.29) is 24.9 Å². The van der Waals surface area contributed by atoms with E-state index in [9.17, 15) is 13.2 Å². The van der Waals surface area contributed by atoms with E-state index >= 15 is 0 Å². The highest BCUT2D eigenvalue weighted by Crippen LogP contribution is 2.25. The first-order valence-electron chi connectivity index (χ1n) is 9.60. The number of hydrogen-bond acceptors (Lipinski definition) is 4. The van der Waals surface area contributed by atoms with Crippen molar-refractivity contribution in [2.24, 2.45) is 0 Å². The standard InChI is InChI=1S/C22H30N2O4S/c1-16-8-6-9-21(17(16)2)24(29(5,26)27)15-7-10-22(25)23-18(3)19-11-13-20(28-4)14-12-19/h6,8-9,11-14,18H,7,10,15H2,1-5H3,(H,23,25)/t18-/m0/s1. The zero-order valence-corrected chi connectivity index (χ0v) is 18.5. The lowest BCUT2D eigenvalue weighted by Crippen LogP contribution is -2.33. The van der Waals surface area contributed by atoms with Crippen LogP contribution in [0.25, 0.3) is 0 Å². The van der Waals surface area contributed by atoms with Crippen LogP contribution in [0, 0.1) is 13.8 Å². The Balaban J connectivity index is 1.96. The molecule has 0 fully saturated rings. The predicted octanol–water partition coefficient (Wildman–Crippen LogP) is 3.74. The molecule has 2 aromatic carbocycles. The highest BCUT2D eigenvalue weighted by molar-refractivity contribution is 7.92. The summed E-state index contributed by atoms with van der Waals surface area (Å²) < 4.78 is 31.1. The molecule has 6 nitrogen and oxygen atoms in total. The van der Waals surface area contributed by atoms with Crippen molar-refractivity contribution < 1.29 is 17.9 Å². The molecule has 0 heterocycles. The fourth-order valence-corrected chi connectivity index (χ4v) is 4.16. The van der Waals surface area contributed by atoms with Gasteiger partial charge in [-0.3, -0.25) is 9.10 Å². The van der Waals surface area contributed by atoms with Crippen molar-refractivity contribution in [2.45, 2.75) is 39.7 Å². The molecule has 0 aliphatic carbocycles. The zero-order chi connectivity index (χ0) is 21.6. The van der Waals surface area contributed by atoms with Gasteiger partial charge in [0.15, 0.2) is 0 Å². The van der Waals surface area contributed by atoms with Crippen LogP contribution in [0.1, 0.15) is 42.5 Å². The summed E-state index contributed by atoms with van der Waals surface area (Å²) in [5.41, 5.74) is 3.60. The number of nitrogens with one attached hydrogen (secondary N) is 1. The number of hydrogen-bond donors (Lipinski definition) is 1. The van der Waals surface area contributed by atoms with Crippen LogP contribution in [-0.2, 0) is 14.8 Å². The van der Waals surface area contributed by atoms with Crippen LogP contribution in [0.5, 0.6) is 5.75 Å². The normalized spacial score (nSPS) is 12.3. The SMILES string of the molecule is COc1ccc([C@H](C)NC(=O)CCCN(c2cccc(C)c2C)S(C)(=O)=O)cc1. The number of carbonyl (C=O) groups is 1. The Bertz CT molecular complexity index is 940. The van der Waals surface area contributed by atoms with Crippen molar-refractivity contribution in [2.75, 3.05) is 24.2 Å². The monoisotopic (exact) mass is 418 g/mol. The molecule has 0 bridgehead atoms. The van der Waals surface area contributed by atoms with Gasteiger partial charge in [-0.05, 0) is 62.1 Å². The third-order valence-corrected chi connectivity index (χ3v) is 6.18. The van der Waals surface area contributed by atoms with Crippen LogP contribution in [0.3, 0.4) is 0 Å². The van der Waals surface area contributed by atoms with E-state index in [2.05, 4.69) is 5.32 Å². The van der Waals surface area contributed by atoms with E-state index in [0.29, 0.717) is 12.1 Å². The van der Waals surface area contributed by atoms with E-state index in [4.69, 9.17) is 4.74 Å². The molecule has 29 heavy (non-hydrogen) atoms. The summed E-state index contributed by atoms with van der Waals surface area (Å²) in [6.45, 7) is 6.03. The second-order valence-electron chi connectivity index (χ2n) is 7.22. The first-order chi connectivity index (χ1) is 13.6. The van der Waals surface area contributed by atoms with Crippen LogP contribution < -0.4 is 14.4 Å². The Hall–Kier alpha value is -2.54. The van der Waals surface area contributed by atoms with Gasteiger partial charge in [0.25, 0.3) is 0 Å². The minimum Gasteiger partial charge on any atom is -0.497 e. The molecule has 158 valence electrons. The molecule has 0 aliphatic heterocycles. The molecule has 1 amide bonds. The lowest BCUT2D eigenvalue weighted by molar-refractivity contribution is -0.121. The fourth-order valence-electron chi connectivity index (χ4n) is 3.14. The van der Waals surface area contributed by atoms with Crippen molar-refractivity contribution in [1.29, 1.82) is 0 Å². The predicted molar refractivity (Wildman–Crippen MR) is 117 cm³/mol. The molecule has 0 saturated heterocycles. The molecule has 1 atom stereocenters. The van der Waals surface area contributed by atoms with Gasteiger partial charge in [0.1, 0.15) is 5.75 Å². The highest BCUT2D eigenvalue weighted by atomic mass is 32.2. The van der Waals surface area contributed by atoms with Gasteiger partial charge in [-0.25, -0.2) is 8.42 Å². The van der Waals surface area contributed by atoms with Crippen LogP contribution in [0.4, 0.5) is 5.69 Å². The topological polar surface area (TPSA) is 75.7 Å². The maximum atomic E-state index is 12.3. The van der Waals surface area contributed by atoms with Gasteiger partial charge in [0, 0.05) is 13.0 Å². The number of rotatable bonds is 9. The number of anilines is 1. The number of aryl methyl sites for hydroxylation is 1. The van der Waals surface area contributed by atoms with Crippen molar-refractivity contribution in [1.82, 2.24) is 5.32 Å². The molecule has 2 aromatic rings. The van der Waals surface area contributed by atoms with E-state index in [1.165, 1.54) is 10.6 Å². The number of benzene rings is 2. The highest BCUT2D eigenvalue weighted by Gasteiger charge is 2.20. The van der Waals surface area contributed by atoms with Gasteiger partial charge in [0.05, 0.1) is 25.1 Å². The van der Waals surface area contributed by atoms with Gasteiger partial charge in [-0.2, -0.15) is 0 Å². The average Bonchev–Trinajstić information content (AvgIpc) is 2.67. The molecule has 0 aromatic heterocycles. The molecule has 0 aliphatic rings. The van der Waals surface area contributed by atoms with Crippen LogP contribution in [0.2, 0.25) is 0 Å². The number of carbonyl (C=O) groups excluding carboxylic acids is 1. The first kappa shape index (κ1) is 22.7. The molecule has 2 rings (SSSR count). The second kappa shape index (κ2) is 9.78. The maximum absolute atomic E-state index is 12.3. The summed E-state index contributed by atoms with van der Waals surface area (Å²) in [6.07, 6.45) is 1.87. The number of methoxy groups -OCH3 is 1. The molecule has 1 N–H and O–H groups in total. The quantitative estimate of drug-likeness (QED) is 0.673. The van der Waals surface area contributed by atoms with Gasteiger partial charge < -0.3 is 10.1 Å². The van der Waals surface area contributed by atoms with E-state index in [0.717, 1.165) is 22.4 Å². The average molecular weight is 419 g/mol. The van der Waals surface area contributed by atoms with Crippen molar-refractivity contribution >= 4 is 21.6 Å². The Morgan fingerprint density at radius 3 is 2.38 bits per heavy atom. The van der Waals surface area contributed by atoms with Gasteiger partial charge in [-0.1, -0.05) is 24.3 Å². The van der Waals surface area contributed by atoms with Gasteiger partial charge >= 0.3 is 0 Å². The van der Waals surface area contributed by atoms with Crippen molar-refractivity contribution in [3.05, 3.63) is 59.2 Å². The molecule has 7 heteroatoms. The van der Waals surface area contributed by atoms with Crippen molar-refractivity contribution in [3.8, 4) is 5.75 Å². The smallest absolute Gasteiger partial charge is 0.232 e. The summed E-state index contributed by atoms with van der Waals surface area (Å²) in [4.78, 5) is 12.3. The molecular weight excluding hydrogens is 388 g/mol. The summed E-state index contributed by atoms with van der Waals surface area (Å²) in [7, 11) is -1.83. The summed E-state index contributed by atoms with van der Waals surface area (Å²) >= 11 is 0. The van der Waals surface area contributed by atoms with E-state index < -0.39 is 10.0 Å². The molecule has 0 saturated carbocycles. The molecule has 0 unspecified atom stereocenters. The number of nitrogens with zero attached hydrogens (tertiary/aromatic N) is 1. The molecule has 0 radical (unpaired) electrons.